The third kappa shape index (κ3) is 1.79. The van der Waals surface area contributed by atoms with Gasteiger partial charge in [0, 0.05) is 11.8 Å². The number of methoxy groups -OCH3 is 1. The molecule has 0 aliphatic carbocycles. The van der Waals surface area contributed by atoms with Crippen molar-refractivity contribution in [3.8, 4) is 5.75 Å². The molecule has 1 aromatic heterocycles. The van der Waals surface area contributed by atoms with Crippen LogP contribution in [-0.2, 0) is 4.79 Å². The van der Waals surface area contributed by atoms with Crippen LogP contribution in [0.5, 0.6) is 5.75 Å². The number of rotatable bonds is 3. The summed E-state index contributed by atoms with van der Waals surface area (Å²) in [5.74, 6) is 0.522. The topological polar surface area (TPSA) is 59.4 Å². The largest absolute Gasteiger partial charge is 0.495 e. The predicted octanol–water partition coefficient (Wildman–Crippen LogP) is 0.322. The minimum atomic E-state index is -1.12. The van der Waals surface area contributed by atoms with Crippen molar-refractivity contribution in [2.45, 2.75) is 6.10 Å². The molecule has 0 saturated heterocycles. The maximum absolute atomic E-state index is 10.2. The van der Waals surface area contributed by atoms with Crippen molar-refractivity contribution in [3.63, 3.8) is 0 Å². The number of aliphatic hydroxyl groups is 1. The first-order chi connectivity index (χ1) is 5.77. The van der Waals surface area contributed by atoms with Crippen LogP contribution in [0.3, 0.4) is 0 Å². The quantitative estimate of drug-likeness (QED) is 0.659. The van der Waals surface area contributed by atoms with E-state index in [4.69, 9.17) is 9.84 Å². The monoisotopic (exact) mass is 167 g/mol. The van der Waals surface area contributed by atoms with Crippen molar-refractivity contribution in [1.29, 1.82) is 0 Å². The highest BCUT2D eigenvalue weighted by molar-refractivity contribution is 5.59. The fourth-order valence-corrected chi connectivity index (χ4v) is 0.788. The number of hydrogen-bond acceptors (Lipinski definition) is 4. The van der Waals surface area contributed by atoms with Gasteiger partial charge in [-0.2, -0.15) is 0 Å². The maximum atomic E-state index is 10.2. The molecule has 0 aliphatic rings. The molecule has 1 aromatic rings. The van der Waals surface area contributed by atoms with Crippen LogP contribution >= 0.6 is 0 Å². The average molecular weight is 167 g/mol. The standard InChI is InChI=1S/C8H9NO3/c1-12-7-2-6(3-9-4-7)8(11)5-10/h2-5,8,11H,1H3. The van der Waals surface area contributed by atoms with Crippen LogP contribution in [0, 0.1) is 0 Å². The molecular formula is C8H9NO3. The van der Waals surface area contributed by atoms with Gasteiger partial charge >= 0.3 is 0 Å². The summed E-state index contributed by atoms with van der Waals surface area (Å²) in [6.45, 7) is 0. The van der Waals surface area contributed by atoms with Gasteiger partial charge in [-0.25, -0.2) is 0 Å². The Kier molecular flexibility index (Phi) is 2.76. The van der Waals surface area contributed by atoms with Gasteiger partial charge in [-0.1, -0.05) is 0 Å². The summed E-state index contributed by atoms with van der Waals surface area (Å²) in [6, 6.07) is 1.56. The van der Waals surface area contributed by atoms with E-state index >= 15 is 0 Å². The van der Waals surface area contributed by atoms with Gasteiger partial charge < -0.3 is 14.6 Å². The van der Waals surface area contributed by atoms with Gasteiger partial charge in [-0.15, -0.1) is 0 Å². The number of ether oxygens (including phenoxy) is 1. The van der Waals surface area contributed by atoms with Gasteiger partial charge in [0.2, 0.25) is 0 Å². The number of aliphatic hydroxyl groups excluding tert-OH is 1. The van der Waals surface area contributed by atoms with E-state index in [9.17, 15) is 4.79 Å². The molecule has 64 valence electrons. The number of hydrogen-bond donors (Lipinski definition) is 1. The Labute approximate surface area is 69.8 Å². The van der Waals surface area contributed by atoms with E-state index in [1.807, 2.05) is 0 Å². The molecule has 4 heteroatoms. The molecule has 0 saturated carbocycles. The highest BCUT2D eigenvalue weighted by Gasteiger charge is 2.06. The first-order valence-corrected chi connectivity index (χ1v) is 3.40. The van der Waals surface area contributed by atoms with Crippen molar-refractivity contribution in [2.24, 2.45) is 0 Å². The minimum Gasteiger partial charge on any atom is -0.495 e. The van der Waals surface area contributed by atoms with E-state index < -0.39 is 6.10 Å². The van der Waals surface area contributed by atoms with Gasteiger partial charge in [0.25, 0.3) is 0 Å². The minimum absolute atomic E-state index is 0.435. The SMILES string of the molecule is COc1cncc(C(O)C=O)c1. The molecule has 1 N–H and O–H groups in total. The Hall–Kier alpha value is -1.42. The van der Waals surface area contributed by atoms with Crippen LogP contribution in [0.2, 0.25) is 0 Å². The van der Waals surface area contributed by atoms with Gasteiger partial charge in [-0.05, 0) is 6.07 Å². The predicted molar refractivity (Wildman–Crippen MR) is 41.8 cm³/mol. The molecule has 12 heavy (non-hydrogen) atoms. The second-order valence-electron chi connectivity index (χ2n) is 2.24. The van der Waals surface area contributed by atoms with Crippen molar-refractivity contribution < 1.29 is 14.6 Å². The third-order valence-corrected chi connectivity index (χ3v) is 1.44. The van der Waals surface area contributed by atoms with Gasteiger partial charge in [0.1, 0.15) is 11.9 Å². The molecule has 0 fully saturated rings. The zero-order valence-corrected chi connectivity index (χ0v) is 6.60. The van der Waals surface area contributed by atoms with Crippen LogP contribution in [0.15, 0.2) is 18.5 Å². The second kappa shape index (κ2) is 3.82. The second-order valence-corrected chi connectivity index (χ2v) is 2.24. The average Bonchev–Trinajstić information content (AvgIpc) is 2.17. The van der Waals surface area contributed by atoms with Crippen LogP contribution < -0.4 is 4.74 Å². The summed E-state index contributed by atoms with van der Waals surface area (Å²) in [5.41, 5.74) is 0.435. The smallest absolute Gasteiger partial charge is 0.153 e. The van der Waals surface area contributed by atoms with Crippen molar-refractivity contribution in [2.75, 3.05) is 7.11 Å². The highest BCUT2D eigenvalue weighted by atomic mass is 16.5. The zero-order valence-electron chi connectivity index (χ0n) is 6.60. The van der Waals surface area contributed by atoms with E-state index in [1.54, 1.807) is 6.07 Å². The molecule has 1 unspecified atom stereocenters. The Bertz CT molecular complexity index is 275. The molecular weight excluding hydrogens is 158 g/mol. The first kappa shape index (κ1) is 8.67. The summed E-state index contributed by atoms with van der Waals surface area (Å²) < 4.78 is 4.86. The number of nitrogens with zero attached hydrogens (tertiary/aromatic N) is 1. The molecule has 1 heterocycles. The van der Waals surface area contributed by atoms with E-state index in [0.29, 0.717) is 17.6 Å². The molecule has 0 radical (unpaired) electrons. The zero-order chi connectivity index (χ0) is 8.97. The lowest BCUT2D eigenvalue weighted by molar-refractivity contribution is -0.115. The lowest BCUT2D eigenvalue weighted by Crippen LogP contribution is -1.99. The van der Waals surface area contributed by atoms with Crippen molar-refractivity contribution in [1.82, 2.24) is 4.98 Å². The number of carbonyl (C=O) groups excluding carboxylic acids is 1. The Morgan fingerprint density at radius 2 is 2.42 bits per heavy atom. The Morgan fingerprint density at radius 3 is 3.00 bits per heavy atom. The molecule has 0 spiro atoms. The number of pyridine rings is 1. The maximum Gasteiger partial charge on any atom is 0.153 e. The Morgan fingerprint density at radius 1 is 1.67 bits per heavy atom. The van der Waals surface area contributed by atoms with Crippen LogP contribution in [0.25, 0.3) is 0 Å². The lowest BCUT2D eigenvalue weighted by atomic mass is 10.2. The van der Waals surface area contributed by atoms with Crippen LogP contribution in [0.4, 0.5) is 0 Å². The first-order valence-electron chi connectivity index (χ1n) is 3.40. The number of aldehydes is 1. The Balaban J connectivity index is 2.93. The van der Waals surface area contributed by atoms with Gasteiger partial charge in [0.05, 0.1) is 13.3 Å². The summed E-state index contributed by atoms with van der Waals surface area (Å²) in [5, 5.41) is 9.09. The third-order valence-electron chi connectivity index (χ3n) is 1.44. The van der Waals surface area contributed by atoms with Crippen molar-refractivity contribution in [3.05, 3.63) is 24.0 Å². The van der Waals surface area contributed by atoms with E-state index in [-0.39, 0.29) is 0 Å². The van der Waals surface area contributed by atoms with Crippen molar-refractivity contribution >= 4 is 6.29 Å². The molecule has 0 amide bonds. The molecule has 1 atom stereocenters. The van der Waals surface area contributed by atoms with E-state index in [1.165, 1.54) is 19.5 Å². The van der Waals surface area contributed by atoms with Gasteiger partial charge in [-0.3, -0.25) is 4.98 Å². The summed E-state index contributed by atoms with van der Waals surface area (Å²) in [6.07, 6.45) is 2.24. The highest BCUT2D eigenvalue weighted by Crippen LogP contribution is 2.15. The molecule has 0 aliphatic heterocycles. The number of carbonyl (C=O) groups is 1. The molecule has 4 nitrogen and oxygen atoms in total. The normalized spacial score (nSPS) is 12.2. The van der Waals surface area contributed by atoms with E-state index in [0.717, 1.165) is 0 Å². The number of aromatic nitrogens is 1. The summed E-state index contributed by atoms with van der Waals surface area (Å²) in [7, 11) is 1.49. The molecule has 1 rings (SSSR count). The van der Waals surface area contributed by atoms with Crippen LogP contribution in [-0.4, -0.2) is 23.5 Å². The van der Waals surface area contributed by atoms with Gasteiger partial charge in [0.15, 0.2) is 6.29 Å². The fraction of sp³-hybridized carbons (Fsp3) is 0.250. The van der Waals surface area contributed by atoms with E-state index in [2.05, 4.69) is 4.98 Å². The lowest BCUT2D eigenvalue weighted by Gasteiger charge is -2.04. The fourth-order valence-electron chi connectivity index (χ4n) is 0.788. The van der Waals surface area contributed by atoms with Crippen LogP contribution in [0.1, 0.15) is 11.7 Å². The summed E-state index contributed by atoms with van der Waals surface area (Å²) in [4.78, 5) is 14.0. The molecule has 0 aromatic carbocycles. The summed E-state index contributed by atoms with van der Waals surface area (Å²) >= 11 is 0. The molecule has 0 bridgehead atoms.